The minimum Gasteiger partial charge on any atom is -0.316 e. The number of amides is 3. The van der Waals surface area contributed by atoms with Gasteiger partial charge in [0.2, 0.25) is 5.91 Å². The number of carbonyl (C=O) groups excluding carboxylic acids is 2. The van der Waals surface area contributed by atoms with E-state index in [1.807, 2.05) is 43.3 Å². The van der Waals surface area contributed by atoms with Gasteiger partial charge < -0.3 is 15.5 Å². The molecular weight excluding hydrogens is 442 g/mol. The van der Waals surface area contributed by atoms with Crippen molar-refractivity contribution in [3.05, 3.63) is 80.7 Å². The van der Waals surface area contributed by atoms with Crippen LogP contribution in [0.3, 0.4) is 0 Å². The standard InChI is InChI=1S/C25H24ClN3O2S/c1-15-11-12-17(26)13-19(15)27-25(31)29-14-21(30)28-24-22(18-9-5-6-10-20(18)32-24)23(29)16-7-3-2-4-8-16/h2-4,7-8,11-13,23H,5-6,9-10,14H2,1H3,(H,27,31)(H,28,30)/t23-/m1/s1. The van der Waals surface area contributed by atoms with Gasteiger partial charge in [0.1, 0.15) is 11.5 Å². The Morgan fingerprint density at radius 3 is 2.75 bits per heavy atom. The Morgan fingerprint density at radius 2 is 1.94 bits per heavy atom. The lowest BCUT2D eigenvalue weighted by molar-refractivity contribution is -0.116. The van der Waals surface area contributed by atoms with Crippen molar-refractivity contribution >= 4 is 45.6 Å². The van der Waals surface area contributed by atoms with Crippen LogP contribution in [-0.4, -0.2) is 23.4 Å². The van der Waals surface area contributed by atoms with Crippen LogP contribution in [0.25, 0.3) is 0 Å². The minimum absolute atomic E-state index is 0.0266. The highest BCUT2D eigenvalue weighted by Gasteiger charge is 2.38. The van der Waals surface area contributed by atoms with Crippen molar-refractivity contribution in [3.63, 3.8) is 0 Å². The summed E-state index contributed by atoms with van der Waals surface area (Å²) >= 11 is 7.83. The van der Waals surface area contributed by atoms with Gasteiger partial charge in [-0.05, 0) is 61.4 Å². The van der Waals surface area contributed by atoms with E-state index in [-0.39, 0.29) is 24.5 Å². The second kappa shape index (κ2) is 8.60. The van der Waals surface area contributed by atoms with Crippen LogP contribution in [0, 0.1) is 6.92 Å². The van der Waals surface area contributed by atoms with Crippen LogP contribution in [0.5, 0.6) is 0 Å². The third-order valence-electron chi connectivity index (χ3n) is 6.18. The fourth-order valence-corrected chi connectivity index (χ4v) is 6.14. The summed E-state index contributed by atoms with van der Waals surface area (Å²) in [7, 11) is 0. The molecule has 1 aromatic heterocycles. The van der Waals surface area contributed by atoms with Gasteiger partial charge >= 0.3 is 6.03 Å². The summed E-state index contributed by atoms with van der Waals surface area (Å²) in [5.41, 5.74) is 4.91. The Morgan fingerprint density at radius 1 is 1.16 bits per heavy atom. The Bertz CT molecular complexity index is 1190. The third-order valence-corrected chi connectivity index (χ3v) is 7.64. The van der Waals surface area contributed by atoms with E-state index in [2.05, 4.69) is 10.6 Å². The number of thiophene rings is 1. The average Bonchev–Trinajstić information content (AvgIpc) is 3.06. The lowest BCUT2D eigenvalue weighted by atomic mass is 9.89. The van der Waals surface area contributed by atoms with Crippen molar-refractivity contribution in [2.75, 3.05) is 17.2 Å². The van der Waals surface area contributed by atoms with Gasteiger partial charge in [0, 0.05) is 21.2 Å². The van der Waals surface area contributed by atoms with Gasteiger partial charge in [0.05, 0.1) is 6.04 Å². The molecule has 32 heavy (non-hydrogen) atoms. The van der Waals surface area contributed by atoms with Crippen molar-refractivity contribution in [1.29, 1.82) is 0 Å². The van der Waals surface area contributed by atoms with Crippen molar-refractivity contribution < 1.29 is 9.59 Å². The lowest BCUT2D eigenvalue weighted by Gasteiger charge is -2.31. The number of hydrogen-bond acceptors (Lipinski definition) is 3. The molecule has 0 fully saturated rings. The number of benzene rings is 2. The van der Waals surface area contributed by atoms with Crippen LogP contribution in [0.2, 0.25) is 5.02 Å². The summed E-state index contributed by atoms with van der Waals surface area (Å²) in [4.78, 5) is 29.5. The summed E-state index contributed by atoms with van der Waals surface area (Å²) in [5.74, 6) is -0.179. The quantitative estimate of drug-likeness (QED) is 0.475. The maximum Gasteiger partial charge on any atom is 0.323 e. The van der Waals surface area contributed by atoms with Gasteiger partial charge in [-0.15, -0.1) is 11.3 Å². The third kappa shape index (κ3) is 3.89. The Balaban J connectivity index is 1.62. The summed E-state index contributed by atoms with van der Waals surface area (Å²) < 4.78 is 0. The van der Waals surface area contributed by atoms with Crippen molar-refractivity contribution in [3.8, 4) is 0 Å². The smallest absolute Gasteiger partial charge is 0.316 e. The molecule has 2 aromatic carbocycles. The molecule has 2 aliphatic rings. The van der Waals surface area contributed by atoms with Gasteiger partial charge in [-0.3, -0.25) is 4.79 Å². The van der Waals surface area contributed by atoms with Crippen LogP contribution < -0.4 is 10.6 Å². The number of rotatable bonds is 2. The number of hydrogen-bond donors (Lipinski definition) is 2. The van der Waals surface area contributed by atoms with Crippen LogP contribution in [0.15, 0.2) is 48.5 Å². The van der Waals surface area contributed by atoms with Gasteiger partial charge in [0.25, 0.3) is 0 Å². The van der Waals surface area contributed by atoms with Crippen molar-refractivity contribution in [1.82, 2.24) is 4.90 Å². The Labute approximate surface area is 196 Å². The molecule has 2 heterocycles. The molecule has 5 rings (SSSR count). The van der Waals surface area contributed by atoms with Crippen molar-refractivity contribution in [2.45, 2.75) is 38.6 Å². The first-order valence-electron chi connectivity index (χ1n) is 10.8. The number of urea groups is 1. The number of nitrogens with zero attached hydrogens (tertiary/aromatic N) is 1. The first-order chi connectivity index (χ1) is 15.5. The predicted molar refractivity (Wildman–Crippen MR) is 130 cm³/mol. The number of aryl methyl sites for hydroxylation is 2. The largest absolute Gasteiger partial charge is 0.323 e. The summed E-state index contributed by atoms with van der Waals surface area (Å²) in [6, 6.07) is 14.7. The van der Waals surface area contributed by atoms with E-state index in [0.29, 0.717) is 10.7 Å². The fraction of sp³-hybridized carbons (Fsp3) is 0.280. The predicted octanol–water partition coefficient (Wildman–Crippen LogP) is 6.16. The number of nitrogens with one attached hydrogen (secondary N) is 2. The molecule has 3 amide bonds. The van der Waals surface area contributed by atoms with Crippen LogP contribution in [0.1, 0.15) is 46.0 Å². The van der Waals surface area contributed by atoms with E-state index >= 15 is 0 Å². The molecule has 1 atom stereocenters. The first kappa shape index (κ1) is 21.0. The van der Waals surface area contributed by atoms with Crippen LogP contribution in [-0.2, 0) is 17.6 Å². The van der Waals surface area contributed by atoms with E-state index in [9.17, 15) is 9.59 Å². The van der Waals surface area contributed by atoms with E-state index in [0.717, 1.165) is 47.4 Å². The molecule has 3 aromatic rings. The number of halogens is 1. The topological polar surface area (TPSA) is 61.4 Å². The fourth-order valence-electron chi connectivity index (χ4n) is 4.63. The highest BCUT2D eigenvalue weighted by Crippen LogP contribution is 2.46. The highest BCUT2D eigenvalue weighted by molar-refractivity contribution is 7.16. The average molecular weight is 466 g/mol. The van der Waals surface area contributed by atoms with Gasteiger partial charge in [0.15, 0.2) is 0 Å². The molecule has 2 N–H and O–H groups in total. The molecule has 1 aliphatic heterocycles. The van der Waals surface area contributed by atoms with Crippen molar-refractivity contribution in [2.24, 2.45) is 0 Å². The monoisotopic (exact) mass is 465 g/mol. The Hall–Kier alpha value is -2.83. The molecule has 0 radical (unpaired) electrons. The number of carbonyl (C=O) groups is 2. The molecule has 5 nitrogen and oxygen atoms in total. The first-order valence-corrected chi connectivity index (χ1v) is 12.0. The Kier molecular flexibility index (Phi) is 5.66. The second-order valence-electron chi connectivity index (χ2n) is 8.33. The summed E-state index contributed by atoms with van der Waals surface area (Å²) in [6.45, 7) is 1.89. The maximum atomic E-state index is 13.6. The van der Waals surface area contributed by atoms with Gasteiger partial charge in [-0.25, -0.2) is 4.79 Å². The minimum atomic E-state index is -0.345. The van der Waals surface area contributed by atoms with Gasteiger partial charge in [-0.1, -0.05) is 48.0 Å². The lowest BCUT2D eigenvalue weighted by Crippen LogP contribution is -2.41. The summed E-state index contributed by atoms with van der Waals surface area (Å²) in [6.07, 6.45) is 4.29. The molecule has 1 aliphatic carbocycles. The highest BCUT2D eigenvalue weighted by atomic mass is 35.5. The molecule has 0 unspecified atom stereocenters. The maximum absolute atomic E-state index is 13.6. The molecule has 0 saturated heterocycles. The van der Waals surface area contributed by atoms with E-state index in [4.69, 9.17) is 11.6 Å². The number of anilines is 2. The zero-order valence-corrected chi connectivity index (χ0v) is 19.4. The molecule has 0 spiro atoms. The molecule has 7 heteroatoms. The van der Waals surface area contributed by atoms with Gasteiger partial charge in [-0.2, -0.15) is 0 Å². The molecule has 0 bridgehead atoms. The zero-order valence-electron chi connectivity index (χ0n) is 17.8. The van der Waals surface area contributed by atoms with Crippen LogP contribution in [0.4, 0.5) is 15.5 Å². The van der Waals surface area contributed by atoms with Crippen LogP contribution >= 0.6 is 22.9 Å². The second-order valence-corrected chi connectivity index (χ2v) is 9.87. The zero-order chi connectivity index (χ0) is 22.2. The van der Waals surface area contributed by atoms with E-state index in [1.54, 1.807) is 28.4 Å². The normalized spacial score (nSPS) is 17.8. The number of fused-ring (bicyclic) bond motifs is 3. The van der Waals surface area contributed by atoms with E-state index in [1.165, 1.54) is 10.4 Å². The SMILES string of the molecule is Cc1ccc(Cl)cc1NC(=O)N1CC(=O)Nc2sc3c(c2[C@H]1c1ccccc1)CCCC3. The summed E-state index contributed by atoms with van der Waals surface area (Å²) in [5, 5.41) is 7.51. The molecular formula is C25H24ClN3O2S. The molecule has 164 valence electrons. The van der Waals surface area contributed by atoms with E-state index < -0.39 is 0 Å². The molecule has 0 saturated carbocycles.